The highest BCUT2D eigenvalue weighted by Gasteiger charge is 2.30. The van der Waals surface area contributed by atoms with Crippen LogP contribution in [0.1, 0.15) is 35.2 Å². The van der Waals surface area contributed by atoms with Crippen molar-refractivity contribution in [2.75, 3.05) is 0 Å². The van der Waals surface area contributed by atoms with Gasteiger partial charge >= 0.3 is 5.97 Å². The zero-order valence-electron chi connectivity index (χ0n) is 26.9. The summed E-state index contributed by atoms with van der Waals surface area (Å²) in [7, 11) is 0. The Morgan fingerprint density at radius 2 is 1.50 bits per heavy atom. The number of benzene rings is 3. The molecule has 0 radical (unpaired) electrons. The molecule has 5 rings (SSSR count). The first-order valence-corrected chi connectivity index (χ1v) is 16.9. The minimum Gasteiger partial charge on any atom is -0.480 e. The molecule has 50 heavy (non-hydrogen) atoms. The van der Waals surface area contributed by atoms with E-state index in [-0.39, 0.29) is 37.3 Å². The monoisotopic (exact) mass is 696 g/mol. The summed E-state index contributed by atoms with van der Waals surface area (Å²) < 4.78 is 1.02. The number of thiophene rings is 1. The second-order valence-electron chi connectivity index (χ2n) is 11.8. The van der Waals surface area contributed by atoms with E-state index in [1.807, 2.05) is 35.7 Å². The summed E-state index contributed by atoms with van der Waals surface area (Å²) in [6.45, 7) is 0. The van der Waals surface area contributed by atoms with Gasteiger partial charge in [0.2, 0.25) is 17.7 Å². The van der Waals surface area contributed by atoms with Crippen molar-refractivity contribution in [2.24, 2.45) is 0 Å². The van der Waals surface area contributed by atoms with Crippen LogP contribution < -0.4 is 16.0 Å². The maximum atomic E-state index is 14.0. The predicted octanol–water partition coefficient (Wildman–Crippen LogP) is 4.12. The molecule has 0 unspecified atom stereocenters. The van der Waals surface area contributed by atoms with Crippen molar-refractivity contribution in [1.82, 2.24) is 25.9 Å². The van der Waals surface area contributed by atoms with Gasteiger partial charge in [0, 0.05) is 54.4 Å². The van der Waals surface area contributed by atoms with Gasteiger partial charge in [-0.05, 0) is 46.4 Å². The van der Waals surface area contributed by atoms with Gasteiger partial charge in [0.25, 0.3) is 5.69 Å². The number of H-pyrrole nitrogens is 1. The largest absolute Gasteiger partial charge is 0.480 e. The number of rotatable bonds is 17. The number of nitrogens with zero attached hydrogens (tertiary/aromatic N) is 2. The number of aryl methyl sites for hydroxylation is 1. The fourth-order valence-corrected chi connectivity index (χ4v) is 6.52. The number of fused-ring (bicyclic) bond motifs is 1. The van der Waals surface area contributed by atoms with Crippen LogP contribution in [-0.2, 0) is 44.9 Å². The highest BCUT2D eigenvalue weighted by Crippen LogP contribution is 2.27. The van der Waals surface area contributed by atoms with Crippen molar-refractivity contribution in [3.8, 4) is 0 Å². The Hall–Kier alpha value is -5.89. The number of nitro benzene ring substituents is 1. The Labute approximate surface area is 291 Å². The minimum absolute atomic E-state index is 0.0168. The molecule has 2 heterocycles. The molecule has 5 aromatic rings. The molecule has 13 nitrogen and oxygen atoms in total. The van der Waals surface area contributed by atoms with Crippen molar-refractivity contribution >= 4 is 50.8 Å². The number of nitrogens with one attached hydrogen (secondary N) is 4. The standard InChI is InChI=1S/C36H36N6O7S/c43-33(12-6-9-23-13-15-27(16-14-23)42(48)49)39-30(18-25-21-50-32-11-5-4-10-28(25)32)35(45)40-29(17-24-7-2-1-3-8-24)34(44)41-31(36(46)47)19-26-20-37-22-38-26/h1-5,7-8,10-11,13-16,20-22,29-31H,6,9,12,17-19H2,(H,37,38)(H,39,43)(H,40,45)(H,41,44)(H,46,47)/t29-,30+,31+/m1/s1. The second-order valence-corrected chi connectivity index (χ2v) is 12.7. The van der Waals surface area contributed by atoms with Gasteiger partial charge in [-0.25, -0.2) is 9.78 Å². The Bertz CT molecular complexity index is 1930. The summed E-state index contributed by atoms with van der Waals surface area (Å²) in [6.07, 6.45) is 4.09. The number of non-ortho nitro benzene ring substituents is 1. The number of amides is 3. The number of carbonyl (C=O) groups is 4. The van der Waals surface area contributed by atoms with Crippen LogP contribution >= 0.6 is 11.3 Å². The van der Waals surface area contributed by atoms with E-state index in [0.29, 0.717) is 18.5 Å². The third-order valence-electron chi connectivity index (χ3n) is 8.16. The van der Waals surface area contributed by atoms with Gasteiger partial charge < -0.3 is 26.0 Å². The van der Waals surface area contributed by atoms with Gasteiger partial charge in [-0.1, -0.05) is 60.7 Å². The number of nitro groups is 1. The smallest absolute Gasteiger partial charge is 0.326 e. The van der Waals surface area contributed by atoms with Crippen LogP contribution in [-0.4, -0.2) is 61.8 Å². The van der Waals surface area contributed by atoms with Crippen LogP contribution in [0, 0.1) is 10.1 Å². The van der Waals surface area contributed by atoms with E-state index in [1.54, 1.807) is 36.4 Å². The van der Waals surface area contributed by atoms with Gasteiger partial charge in [0.15, 0.2) is 0 Å². The zero-order chi connectivity index (χ0) is 35.5. The SMILES string of the molecule is O=C(CCCc1ccc([N+](=O)[O-])cc1)N[C@@H](Cc1csc2ccccc12)C(=O)N[C@H](Cc1ccccc1)C(=O)N[C@@H](Cc1cnc[nH]1)C(=O)O. The molecule has 0 aliphatic carbocycles. The molecule has 3 amide bonds. The summed E-state index contributed by atoms with van der Waals surface area (Å²) >= 11 is 1.52. The summed E-state index contributed by atoms with van der Waals surface area (Å²) in [4.78, 5) is 70.2. The molecular weight excluding hydrogens is 660 g/mol. The molecular formula is C36H36N6O7S. The first-order chi connectivity index (χ1) is 24.2. The lowest BCUT2D eigenvalue weighted by Gasteiger charge is -2.25. The van der Waals surface area contributed by atoms with Gasteiger partial charge in [-0.15, -0.1) is 11.3 Å². The van der Waals surface area contributed by atoms with Crippen LogP contribution in [0.4, 0.5) is 5.69 Å². The highest BCUT2D eigenvalue weighted by atomic mass is 32.1. The van der Waals surface area contributed by atoms with Gasteiger partial charge in [0.1, 0.15) is 18.1 Å². The molecule has 0 saturated heterocycles. The molecule has 0 aliphatic heterocycles. The first kappa shape index (κ1) is 35.4. The van der Waals surface area contributed by atoms with Gasteiger partial charge in [-0.3, -0.25) is 24.5 Å². The quantitative estimate of drug-likeness (QED) is 0.0707. The number of aromatic nitrogens is 2. The molecule has 0 aliphatic rings. The summed E-state index contributed by atoms with van der Waals surface area (Å²) in [5.41, 5.74) is 2.93. The van der Waals surface area contributed by atoms with Gasteiger partial charge in [0.05, 0.1) is 11.3 Å². The van der Waals surface area contributed by atoms with Crippen LogP contribution in [0.5, 0.6) is 0 Å². The second kappa shape index (κ2) is 17.0. The molecule has 0 saturated carbocycles. The molecule has 5 N–H and O–H groups in total. The molecule has 3 aromatic carbocycles. The zero-order valence-corrected chi connectivity index (χ0v) is 27.7. The van der Waals surface area contributed by atoms with Crippen molar-refractivity contribution in [3.05, 3.63) is 129 Å². The average Bonchev–Trinajstić information content (AvgIpc) is 3.78. The number of carboxylic acid groups (broad SMARTS) is 1. The van der Waals surface area contributed by atoms with Crippen LogP contribution in [0.25, 0.3) is 10.1 Å². The van der Waals surface area contributed by atoms with Crippen LogP contribution in [0.2, 0.25) is 0 Å². The van der Waals surface area contributed by atoms with Crippen molar-refractivity contribution < 1.29 is 29.2 Å². The number of imidazole rings is 1. The number of aromatic amines is 1. The molecule has 258 valence electrons. The number of hydrogen-bond acceptors (Lipinski definition) is 8. The summed E-state index contributed by atoms with van der Waals surface area (Å²) in [6, 6.07) is 19.4. The summed E-state index contributed by atoms with van der Waals surface area (Å²) in [5.74, 6) is -2.91. The lowest BCUT2D eigenvalue weighted by molar-refractivity contribution is -0.384. The third-order valence-corrected chi connectivity index (χ3v) is 9.17. The first-order valence-electron chi connectivity index (χ1n) is 16.0. The normalized spacial score (nSPS) is 12.8. The molecule has 3 atom stereocenters. The fourth-order valence-electron chi connectivity index (χ4n) is 5.54. The summed E-state index contributed by atoms with van der Waals surface area (Å²) in [5, 5.41) is 31.9. The van der Waals surface area contributed by atoms with E-state index >= 15 is 0 Å². The van der Waals surface area contributed by atoms with Crippen LogP contribution in [0.3, 0.4) is 0 Å². The van der Waals surface area contributed by atoms with Crippen molar-refractivity contribution in [2.45, 2.75) is 56.7 Å². The molecule has 2 aromatic heterocycles. The lowest BCUT2D eigenvalue weighted by atomic mass is 10.0. The maximum absolute atomic E-state index is 14.0. The van der Waals surface area contributed by atoms with E-state index in [1.165, 1.54) is 36.0 Å². The predicted molar refractivity (Wildman–Crippen MR) is 187 cm³/mol. The fraction of sp³-hybridized carbons (Fsp3) is 0.250. The molecule has 14 heteroatoms. The van der Waals surface area contributed by atoms with Crippen LogP contribution in [0.15, 0.2) is 96.8 Å². The lowest BCUT2D eigenvalue weighted by Crippen LogP contribution is -2.57. The van der Waals surface area contributed by atoms with Crippen molar-refractivity contribution in [3.63, 3.8) is 0 Å². The topological polar surface area (TPSA) is 196 Å². The molecule has 0 bridgehead atoms. The number of hydrogen-bond donors (Lipinski definition) is 5. The third kappa shape index (κ3) is 9.82. The highest BCUT2D eigenvalue weighted by molar-refractivity contribution is 7.17. The Morgan fingerprint density at radius 3 is 2.18 bits per heavy atom. The number of carboxylic acids is 1. The Balaban J connectivity index is 1.32. The number of carbonyl (C=O) groups excluding carboxylic acids is 3. The Kier molecular flexibility index (Phi) is 12.0. The van der Waals surface area contributed by atoms with E-state index in [0.717, 1.165) is 26.8 Å². The maximum Gasteiger partial charge on any atom is 0.326 e. The van der Waals surface area contributed by atoms with Crippen molar-refractivity contribution in [1.29, 1.82) is 0 Å². The molecule has 0 spiro atoms. The average molecular weight is 697 g/mol. The minimum atomic E-state index is -1.29. The Morgan fingerprint density at radius 1 is 0.820 bits per heavy atom. The van der Waals surface area contributed by atoms with E-state index in [2.05, 4.69) is 25.9 Å². The van der Waals surface area contributed by atoms with Gasteiger partial charge in [-0.2, -0.15) is 0 Å². The molecule has 0 fully saturated rings. The van der Waals surface area contributed by atoms with E-state index in [4.69, 9.17) is 0 Å². The number of aliphatic carboxylic acids is 1. The van der Waals surface area contributed by atoms with E-state index in [9.17, 15) is 34.4 Å². The van der Waals surface area contributed by atoms with E-state index < -0.39 is 40.8 Å².